The molecule has 0 bridgehead atoms. The van der Waals surface area contributed by atoms with Crippen molar-refractivity contribution >= 4 is 15.8 Å². The predicted octanol–water partition coefficient (Wildman–Crippen LogP) is 5.78. The molecule has 3 rings (SSSR count). The Morgan fingerprint density at radius 1 is 1.12 bits per heavy atom. The Balaban J connectivity index is 0.00000187. The molecule has 1 aromatic heterocycles. The summed E-state index contributed by atoms with van der Waals surface area (Å²) in [6, 6.07) is 6.25. The molecule has 0 saturated heterocycles. The number of alkyl halides is 3. The second kappa shape index (κ2) is 10.6. The lowest BCUT2D eigenvalue weighted by Gasteiger charge is -2.45. The molecule has 0 aliphatic carbocycles. The molecule has 0 spiro atoms. The van der Waals surface area contributed by atoms with E-state index in [9.17, 15) is 26.0 Å². The van der Waals surface area contributed by atoms with Crippen molar-refractivity contribution in [3.8, 4) is 11.5 Å². The smallest absolute Gasteiger partial charge is 0.497 e. The van der Waals surface area contributed by atoms with E-state index in [0.717, 1.165) is 5.69 Å². The van der Waals surface area contributed by atoms with E-state index in [1.807, 2.05) is 25.7 Å². The van der Waals surface area contributed by atoms with E-state index in [-0.39, 0.29) is 23.6 Å². The summed E-state index contributed by atoms with van der Waals surface area (Å²) >= 11 is 0. The number of benzene rings is 1. The molecule has 0 radical (unpaired) electrons. The van der Waals surface area contributed by atoms with Gasteiger partial charge < -0.3 is 13.8 Å². The highest BCUT2D eigenvalue weighted by Gasteiger charge is 2.49. The summed E-state index contributed by atoms with van der Waals surface area (Å²) in [5.41, 5.74) is -4.75. The number of pyridine rings is 1. The van der Waals surface area contributed by atoms with Gasteiger partial charge in [0.1, 0.15) is 5.75 Å². The number of hydrogen-bond acceptors (Lipinski definition) is 6. The van der Waals surface area contributed by atoms with Gasteiger partial charge in [-0.05, 0) is 43.5 Å². The van der Waals surface area contributed by atoms with Crippen molar-refractivity contribution < 1.29 is 34.9 Å². The van der Waals surface area contributed by atoms with Gasteiger partial charge in [-0.15, -0.1) is 0 Å². The van der Waals surface area contributed by atoms with Crippen molar-refractivity contribution in [2.24, 2.45) is 0 Å². The van der Waals surface area contributed by atoms with Gasteiger partial charge in [0, 0.05) is 22.9 Å². The largest absolute Gasteiger partial charge is 0.534 e. The normalized spacial score (nSPS) is 18.2. The van der Waals surface area contributed by atoms with E-state index in [4.69, 9.17) is 4.74 Å². The fourth-order valence-electron chi connectivity index (χ4n) is 3.93. The first-order valence-electron chi connectivity index (χ1n) is 10.6. The van der Waals surface area contributed by atoms with Gasteiger partial charge in [-0.1, -0.05) is 27.7 Å². The van der Waals surface area contributed by atoms with Crippen LogP contribution in [0.4, 0.5) is 23.2 Å². The molecule has 1 aliphatic heterocycles. The molecule has 0 amide bonds. The van der Waals surface area contributed by atoms with Crippen molar-refractivity contribution in [3.05, 3.63) is 47.5 Å². The van der Waals surface area contributed by atoms with Crippen LogP contribution in [-0.2, 0) is 16.5 Å². The minimum Gasteiger partial charge on any atom is -0.497 e. The Morgan fingerprint density at radius 2 is 1.73 bits per heavy atom. The zero-order valence-corrected chi connectivity index (χ0v) is 19.9. The van der Waals surface area contributed by atoms with Gasteiger partial charge in [0.05, 0.1) is 19.3 Å². The van der Waals surface area contributed by atoms with Crippen molar-refractivity contribution in [2.45, 2.75) is 64.5 Å². The average molecular weight is 493 g/mol. The van der Waals surface area contributed by atoms with E-state index < -0.39 is 33.4 Å². The molecule has 11 heteroatoms. The van der Waals surface area contributed by atoms with Gasteiger partial charge in [-0.3, -0.25) is 0 Å². The Kier molecular flexibility index (Phi) is 8.56. The maximum atomic E-state index is 14.6. The Morgan fingerprint density at radius 3 is 2.21 bits per heavy atom. The molecule has 0 N–H and O–H groups in total. The first-order chi connectivity index (χ1) is 15.5. The molecule has 184 valence electrons. The van der Waals surface area contributed by atoms with E-state index in [0.29, 0.717) is 24.8 Å². The molecule has 0 saturated carbocycles. The first kappa shape index (κ1) is 26.7. The fraction of sp³-hybridized carbons (Fsp3) is 0.500. The molecule has 2 unspecified atom stereocenters. The van der Waals surface area contributed by atoms with Crippen LogP contribution in [0.15, 0.2) is 30.5 Å². The lowest BCUT2D eigenvalue weighted by Crippen LogP contribution is -2.44. The summed E-state index contributed by atoms with van der Waals surface area (Å²) in [7, 11) is -4.41. The molecule has 6 nitrogen and oxygen atoms in total. The number of methoxy groups -OCH3 is 1. The van der Waals surface area contributed by atoms with E-state index >= 15 is 0 Å². The number of fused-ring (bicyclic) bond motifs is 1. The third-order valence-corrected chi connectivity index (χ3v) is 6.31. The maximum Gasteiger partial charge on any atom is 0.534 e. The maximum absolute atomic E-state index is 14.6. The molecule has 1 aromatic carbocycles. The fourth-order valence-corrected chi connectivity index (χ4v) is 4.39. The zero-order chi connectivity index (χ0) is 25.0. The van der Waals surface area contributed by atoms with Crippen molar-refractivity contribution in [1.29, 1.82) is 0 Å². The lowest BCUT2D eigenvalue weighted by molar-refractivity contribution is -0.0500. The third-order valence-electron chi connectivity index (χ3n) is 5.35. The number of rotatable bonds is 6. The molecule has 2 atom stereocenters. The van der Waals surface area contributed by atoms with Crippen molar-refractivity contribution in [1.82, 2.24) is 4.98 Å². The van der Waals surface area contributed by atoms with E-state index in [2.05, 4.69) is 9.17 Å². The van der Waals surface area contributed by atoms with Gasteiger partial charge in [-0.2, -0.15) is 26.0 Å². The predicted molar refractivity (Wildman–Crippen MR) is 117 cm³/mol. The van der Waals surface area contributed by atoms with Crippen molar-refractivity contribution in [3.63, 3.8) is 0 Å². The van der Waals surface area contributed by atoms with Crippen LogP contribution in [0.25, 0.3) is 0 Å². The van der Waals surface area contributed by atoms with Gasteiger partial charge in [0.2, 0.25) is 5.95 Å². The minimum atomic E-state index is -5.94. The highest BCUT2D eigenvalue weighted by Crippen LogP contribution is 2.45. The molecular formula is C22H28F4N2O4S. The SMILES string of the molecule is CC.CCC1Cc2c(F)ncc(OS(=O)(=O)C(F)(F)F)c2C(CC)N1c1ccc(OC)cc1. The molecule has 0 fully saturated rings. The molecular weight excluding hydrogens is 464 g/mol. The van der Waals surface area contributed by atoms with Gasteiger partial charge in [0.15, 0.2) is 5.75 Å². The number of hydrogen-bond donors (Lipinski definition) is 0. The monoisotopic (exact) mass is 492 g/mol. The second-order valence-corrected chi connectivity index (χ2v) is 8.62. The molecule has 1 aliphatic rings. The molecule has 33 heavy (non-hydrogen) atoms. The number of ether oxygens (including phenoxy) is 1. The minimum absolute atomic E-state index is 0.0587. The topological polar surface area (TPSA) is 68.7 Å². The van der Waals surface area contributed by atoms with Crippen LogP contribution in [0.1, 0.15) is 57.7 Å². The third kappa shape index (κ3) is 5.34. The number of halogens is 4. The summed E-state index contributed by atoms with van der Waals surface area (Å²) < 4.78 is 86.2. The lowest BCUT2D eigenvalue weighted by atomic mass is 9.85. The van der Waals surface area contributed by atoms with Gasteiger partial charge in [-0.25, -0.2) is 4.98 Å². The van der Waals surface area contributed by atoms with Crippen molar-refractivity contribution in [2.75, 3.05) is 12.0 Å². The Hall–Kier alpha value is -2.56. The zero-order valence-electron chi connectivity index (χ0n) is 19.1. The molecule has 2 aromatic rings. The standard InChI is InChI=1S/C20H22F4N2O4S.C2H6/c1-4-12-10-15-18(16(5-2)26(12)13-6-8-14(29-3)9-7-13)17(11-25-19(15)21)30-31(27,28)20(22,23)24;1-2/h6-9,11-12,16H,4-5,10H2,1-3H3;1-2H3. The van der Waals surface area contributed by atoms with Crippen LogP contribution in [0.2, 0.25) is 0 Å². The second-order valence-electron chi connectivity index (χ2n) is 7.08. The molecule has 2 heterocycles. The number of aromatic nitrogens is 1. The summed E-state index contributed by atoms with van der Waals surface area (Å²) in [6.07, 6.45) is 1.81. The van der Waals surface area contributed by atoms with E-state index in [1.165, 1.54) is 7.11 Å². The van der Waals surface area contributed by atoms with Crippen LogP contribution in [-0.4, -0.2) is 32.1 Å². The van der Waals surface area contributed by atoms with Crippen LogP contribution < -0.4 is 13.8 Å². The van der Waals surface area contributed by atoms with Crippen LogP contribution >= 0.6 is 0 Å². The first-order valence-corrected chi connectivity index (χ1v) is 12.0. The van der Waals surface area contributed by atoms with E-state index in [1.54, 1.807) is 31.2 Å². The van der Waals surface area contributed by atoms with Crippen LogP contribution in [0.3, 0.4) is 0 Å². The number of nitrogens with zero attached hydrogens (tertiary/aromatic N) is 2. The van der Waals surface area contributed by atoms with Crippen LogP contribution in [0, 0.1) is 5.95 Å². The Labute approximate surface area is 191 Å². The number of anilines is 1. The quantitative estimate of drug-likeness (QED) is 0.221. The summed E-state index contributed by atoms with van der Waals surface area (Å²) in [5, 5.41) is 0. The summed E-state index contributed by atoms with van der Waals surface area (Å²) in [6.45, 7) is 7.70. The summed E-state index contributed by atoms with van der Waals surface area (Å²) in [5.74, 6) is -0.843. The highest BCUT2D eigenvalue weighted by molar-refractivity contribution is 7.88. The average Bonchev–Trinajstić information content (AvgIpc) is 2.80. The van der Waals surface area contributed by atoms with Gasteiger partial charge in [0.25, 0.3) is 0 Å². The van der Waals surface area contributed by atoms with Crippen LogP contribution in [0.5, 0.6) is 11.5 Å². The highest BCUT2D eigenvalue weighted by atomic mass is 32.2. The summed E-state index contributed by atoms with van der Waals surface area (Å²) in [4.78, 5) is 5.41. The van der Waals surface area contributed by atoms with Gasteiger partial charge >= 0.3 is 15.6 Å². The Bertz CT molecular complexity index is 1040.